The molecule has 0 aromatic carbocycles. The van der Waals surface area contributed by atoms with Gasteiger partial charge >= 0.3 is 0 Å². The average Bonchev–Trinajstić information content (AvgIpc) is 2.86. The molecule has 1 aromatic rings. The van der Waals surface area contributed by atoms with Gasteiger partial charge in [-0.15, -0.1) is 0 Å². The van der Waals surface area contributed by atoms with Gasteiger partial charge in [0.25, 0.3) is 11.5 Å². The van der Waals surface area contributed by atoms with Crippen molar-refractivity contribution in [1.82, 2.24) is 14.9 Å². The number of amides is 1. The van der Waals surface area contributed by atoms with Crippen molar-refractivity contribution in [3.05, 3.63) is 27.4 Å². The normalized spacial score (nSPS) is 18.9. The Labute approximate surface area is 117 Å². The summed E-state index contributed by atoms with van der Waals surface area (Å²) < 4.78 is 0. The summed E-state index contributed by atoms with van der Waals surface area (Å²) >= 11 is 0. The molecular formula is C14H21N3O3. The lowest BCUT2D eigenvalue weighted by molar-refractivity contribution is 0.0778. The summed E-state index contributed by atoms with van der Waals surface area (Å²) in [5.74, 6) is 0.526. The molecule has 20 heavy (non-hydrogen) atoms. The van der Waals surface area contributed by atoms with Crippen LogP contribution in [0.4, 0.5) is 0 Å². The Morgan fingerprint density at radius 2 is 2.25 bits per heavy atom. The van der Waals surface area contributed by atoms with Crippen LogP contribution in [0.3, 0.4) is 0 Å². The van der Waals surface area contributed by atoms with Crippen LogP contribution in [0.5, 0.6) is 0 Å². The highest BCUT2D eigenvalue weighted by Crippen LogP contribution is 2.18. The summed E-state index contributed by atoms with van der Waals surface area (Å²) in [5.41, 5.74) is 0.210. The van der Waals surface area contributed by atoms with E-state index in [1.807, 2.05) is 13.8 Å². The quantitative estimate of drug-likeness (QED) is 0.851. The number of aromatic nitrogens is 2. The summed E-state index contributed by atoms with van der Waals surface area (Å²) in [4.78, 5) is 33.2. The molecule has 0 spiro atoms. The number of nitrogens with one attached hydrogen (secondary N) is 1. The fraction of sp³-hybridized carbons (Fsp3) is 0.643. The van der Waals surface area contributed by atoms with E-state index in [1.54, 1.807) is 11.8 Å². The van der Waals surface area contributed by atoms with Crippen LogP contribution in [0, 0.1) is 12.8 Å². The van der Waals surface area contributed by atoms with Gasteiger partial charge in [-0.25, -0.2) is 4.98 Å². The molecule has 0 saturated carbocycles. The highest BCUT2D eigenvalue weighted by Gasteiger charge is 2.29. The van der Waals surface area contributed by atoms with Gasteiger partial charge in [0, 0.05) is 31.5 Å². The van der Waals surface area contributed by atoms with Crippen LogP contribution in [-0.2, 0) is 0 Å². The number of rotatable bonds is 3. The van der Waals surface area contributed by atoms with Gasteiger partial charge in [0.1, 0.15) is 11.4 Å². The van der Waals surface area contributed by atoms with E-state index in [2.05, 4.69) is 9.97 Å². The largest absolute Gasteiger partial charge is 0.396 e. The summed E-state index contributed by atoms with van der Waals surface area (Å²) in [6, 6.07) is 0. The number of hydrogen-bond donors (Lipinski definition) is 2. The maximum atomic E-state index is 12.4. The first kappa shape index (κ1) is 14.7. The SMILES string of the molecule is Cc1nc(C(C)C)[nH]c(=O)c1C(=O)N1CCC(CO)C1. The standard InChI is InChI=1S/C14H21N3O3/c1-8(2)12-15-9(3)11(13(19)16-12)14(20)17-5-4-10(6-17)7-18/h8,10,18H,4-7H2,1-3H3,(H,15,16,19). The van der Waals surface area contributed by atoms with Crippen molar-refractivity contribution in [2.75, 3.05) is 19.7 Å². The second-order valence-electron chi connectivity index (χ2n) is 5.65. The van der Waals surface area contributed by atoms with E-state index in [4.69, 9.17) is 5.11 Å². The molecule has 2 heterocycles. The highest BCUT2D eigenvalue weighted by atomic mass is 16.3. The zero-order valence-corrected chi connectivity index (χ0v) is 12.1. The summed E-state index contributed by atoms with van der Waals surface area (Å²) in [6.07, 6.45) is 0.775. The minimum Gasteiger partial charge on any atom is -0.396 e. The molecule has 1 aliphatic heterocycles. The molecule has 110 valence electrons. The van der Waals surface area contributed by atoms with Crippen molar-refractivity contribution in [1.29, 1.82) is 0 Å². The second-order valence-corrected chi connectivity index (χ2v) is 5.65. The molecule has 1 atom stereocenters. The molecule has 6 nitrogen and oxygen atoms in total. The van der Waals surface area contributed by atoms with E-state index >= 15 is 0 Å². The van der Waals surface area contributed by atoms with Gasteiger partial charge in [-0.1, -0.05) is 13.8 Å². The van der Waals surface area contributed by atoms with Gasteiger partial charge in [-0.2, -0.15) is 0 Å². The van der Waals surface area contributed by atoms with Gasteiger partial charge in [-0.3, -0.25) is 9.59 Å². The number of hydrogen-bond acceptors (Lipinski definition) is 4. The maximum Gasteiger partial charge on any atom is 0.264 e. The van der Waals surface area contributed by atoms with E-state index in [0.29, 0.717) is 24.6 Å². The van der Waals surface area contributed by atoms with Crippen LogP contribution in [0.25, 0.3) is 0 Å². The highest BCUT2D eigenvalue weighted by molar-refractivity contribution is 5.95. The van der Waals surface area contributed by atoms with Crippen LogP contribution < -0.4 is 5.56 Å². The van der Waals surface area contributed by atoms with Gasteiger partial charge in [0.15, 0.2) is 0 Å². The predicted octanol–water partition coefficient (Wildman–Crippen LogP) is 0.656. The number of carbonyl (C=O) groups is 1. The molecule has 1 amide bonds. The number of aliphatic hydroxyl groups excluding tert-OH is 1. The lowest BCUT2D eigenvalue weighted by Gasteiger charge is -2.17. The fourth-order valence-corrected chi connectivity index (χ4v) is 2.46. The number of carbonyl (C=O) groups excluding carboxylic acids is 1. The van der Waals surface area contributed by atoms with Gasteiger partial charge in [0.05, 0.1) is 5.69 Å². The number of likely N-dealkylation sites (tertiary alicyclic amines) is 1. The van der Waals surface area contributed by atoms with Crippen LogP contribution >= 0.6 is 0 Å². The number of aliphatic hydroxyl groups is 1. The topological polar surface area (TPSA) is 86.3 Å². The second kappa shape index (κ2) is 5.75. The Kier molecular flexibility index (Phi) is 4.23. The van der Waals surface area contributed by atoms with Gasteiger partial charge in [0.2, 0.25) is 0 Å². The number of aryl methyl sites for hydroxylation is 1. The summed E-state index contributed by atoms with van der Waals surface area (Å²) in [5, 5.41) is 9.12. The van der Waals surface area contributed by atoms with Crippen LogP contribution in [-0.4, -0.2) is 45.6 Å². The van der Waals surface area contributed by atoms with Crippen molar-refractivity contribution < 1.29 is 9.90 Å². The minimum absolute atomic E-state index is 0.0731. The fourth-order valence-electron chi connectivity index (χ4n) is 2.46. The van der Waals surface area contributed by atoms with E-state index in [1.165, 1.54) is 0 Å². The Balaban J connectivity index is 2.29. The number of H-pyrrole nitrogens is 1. The molecule has 1 unspecified atom stereocenters. The van der Waals surface area contributed by atoms with Crippen LogP contribution in [0.2, 0.25) is 0 Å². The van der Waals surface area contributed by atoms with Crippen LogP contribution in [0.15, 0.2) is 4.79 Å². The molecule has 2 rings (SSSR count). The molecule has 0 radical (unpaired) electrons. The van der Waals surface area contributed by atoms with Crippen LogP contribution in [0.1, 0.15) is 48.1 Å². The molecule has 1 aliphatic rings. The smallest absolute Gasteiger partial charge is 0.264 e. The maximum absolute atomic E-state index is 12.4. The average molecular weight is 279 g/mol. The van der Waals surface area contributed by atoms with E-state index < -0.39 is 0 Å². The van der Waals surface area contributed by atoms with Gasteiger partial charge < -0.3 is 15.0 Å². The monoisotopic (exact) mass is 279 g/mol. The van der Waals surface area contributed by atoms with Crippen molar-refractivity contribution in [3.63, 3.8) is 0 Å². The minimum atomic E-state index is -0.376. The molecule has 2 N–H and O–H groups in total. The van der Waals surface area contributed by atoms with Gasteiger partial charge in [-0.05, 0) is 13.3 Å². The Morgan fingerprint density at radius 3 is 2.75 bits per heavy atom. The molecule has 0 bridgehead atoms. The molecule has 1 saturated heterocycles. The molecule has 0 aliphatic carbocycles. The third-order valence-electron chi connectivity index (χ3n) is 3.71. The Morgan fingerprint density at radius 1 is 1.55 bits per heavy atom. The predicted molar refractivity (Wildman–Crippen MR) is 74.8 cm³/mol. The third-order valence-corrected chi connectivity index (χ3v) is 3.71. The molecular weight excluding hydrogens is 258 g/mol. The van der Waals surface area contributed by atoms with Crippen molar-refractivity contribution >= 4 is 5.91 Å². The third kappa shape index (κ3) is 2.75. The first-order valence-electron chi connectivity index (χ1n) is 6.95. The van der Waals surface area contributed by atoms with Crippen molar-refractivity contribution in [2.45, 2.75) is 33.1 Å². The summed E-state index contributed by atoms with van der Waals surface area (Å²) in [6.45, 7) is 6.71. The first-order chi connectivity index (χ1) is 9.43. The lowest BCUT2D eigenvalue weighted by atomic mass is 10.1. The van der Waals surface area contributed by atoms with E-state index in [0.717, 1.165) is 6.42 Å². The molecule has 1 fully saturated rings. The zero-order valence-electron chi connectivity index (χ0n) is 12.1. The summed E-state index contributed by atoms with van der Waals surface area (Å²) in [7, 11) is 0. The Hall–Kier alpha value is -1.69. The molecule has 6 heteroatoms. The number of aromatic amines is 1. The van der Waals surface area contributed by atoms with Crippen molar-refractivity contribution in [2.24, 2.45) is 5.92 Å². The van der Waals surface area contributed by atoms with E-state index in [9.17, 15) is 9.59 Å². The van der Waals surface area contributed by atoms with Crippen molar-refractivity contribution in [3.8, 4) is 0 Å². The zero-order chi connectivity index (χ0) is 14.9. The molecule has 1 aromatic heterocycles. The lowest BCUT2D eigenvalue weighted by Crippen LogP contribution is -2.35. The number of nitrogens with zero attached hydrogens (tertiary/aromatic N) is 2. The first-order valence-corrected chi connectivity index (χ1v) is 6.95. The Bertz CT molecular complexity index is 565. The van der Waals surface area contributed by atoms with E-state index in [-0.39, 0.29) is 35.5 Å².